The predicted octanol–water partition coefficient (Wildman–Crippen LogP) is 10.9. The molecule has 2 amide bonds. The Morgan fingerprint density at radius 1 is 0.754 bits per heavy atom. The van der Waals surface area contributed by atoms with E-state index in [4.69, 9.17) is 14.2 Å². The number of aryl methyl sites for hydroxylation is 2. The lowest BCUT2D eigenvalue weighted by Crippen LogP contribution is -2.40. The van der Waals surface area contributed by atoms with Crippen LogP contribution in [0.25, 0.3) is 11.1 Å². The second-order valence-electron chi connectivity index (χ2n) is 17.1. The highest BCUT2D eigenvalue weighted by Gasteiger charge is 2.27. The van der Waals surface area contributed by atoms with Gasteiger partial charge in [-0.15, -0.1) is 0 Å². The molecule has 1 aliphatic rings. The van der Waals surface area contributed by atoms with E-state index in [-0.39, 0.29) is 42.5 Å². The van der Waals surface area contributed by atoms with Crippen LogP contribution in [0.15, 0.2) is 120 Å². The number of anilines is 2. The quantitative estimate of drug-likeness (QED) is 0.0938. The lowest BCUT2D eigenvalue weighted by molar-refractivity contribution is 0.0845. The monoisotopic (exact) mass is 874 g/mol. The molecule has 1 aliphatic heterocycles. The van der Waals surface area contributed by atoms with E-state index >= 15 is 0 Å². The van der Waals surface area contributed by atoms with Crippen molar-refractivity contribution in [3.63, 3.8) is 0 Å². The summed E-state index contributed by atoms with van der Waals surface area (Å²) in [7, 11) is 0. The molecule has 0 saturated carbocycles. The van der Waals surface area contributed by atoms with Crippen LogP contribution >= 0.6 is 0 Å². The first-order chi connectivity index (χ1) is 31.4. The number of amides is 2. The third-order valence-electron chi connectivity index (χ3n) is 12.3. The molecule has 1 saturated heterocycles. The van der Waals surface area contributed by atoms with Crippen LogP contribution in [-0.4, -0.2) is 49.1 Å². The number of nitrogens with zero attached hydrogens (tertiary/aromatic N) is 2. The number of hydrogen-bond acceptors (Lipinski definition) is 7. The van der Waals surface area contributed by atoms with Gasteiger partial charge in [0, 0.05) is 73.2 Å². The molecule has 10 heteroatoms. The normalized spacial score (nSPS) is 12.8. The van der Waals surface area contributed by atoms with Crippen molar-refractivity contribution in [2.45, 2.75) is 93.0 Å². The van der Waals surface area contributed by atoms with Gasteiger partial charge in [0.1, 0.15) is 24.7 Å². The van der Waals surface area contributed by atoms with Gasteiger partial charge in [0.25, 0.3) is 17.4 Å². The van der Waals surface area contributed by atoms with Crippen molar-refractivity contribution in [2.24, 2.45) is 0 Å². The first-order valence-corrected chi connectivity index (χ1v) is 22.9. The van der Waals surface area contributed by atoms with Crippen LogP contribution in [0.4, 0.5) is 11.4 Å². The summed E-state index contributed by atoms with van der Waals surface area (Å²) < 4.78 is 18.6. The third-order valence-corrected chi connectivity index (χ3v) is 12.3. The Bertz CT molecular complexity index is 2640. The molecule has 2 N–H and O–H groups in total. The van der Waals surface area contributed by atoms with E-state index < -0.39 is 0 Å². The maximum absolute atomic E-state index is 14.8. The molecule has 1 fully saturated rings. The van der Waals surface area contributed by atoms with E-state index in [2.05, 4.69) is 42.0 Å². The Balaban J connectivity index is 1.22. The van der Waals surface area contributed by atoms with E-state index in [0.717, 1.165) is 75.4 Å². The van der Waals surface area contributed by atoms with Crippen molar-refractivity contribution in [3.8, 4) is 22.6 Å². The zero-order valence-corrected chi connectivity index (χ0v) is 38.8. The topological polar surface area (TPSA) is 113 Å². The minimum absolute atomic E-state index is 0.0701. The van der Waals surface area contributed by atoms with E-state index in [1.54, 1.807) is 4.90 Å². The van der Waals surface area contributed by atoms with Gasteiger partial charge in [-0.05, 0) is 129 Å². The maximum atomic E-state index is 14.8. The minimum atomic E-state index is -0.255. The lowest BCUT2D eigenvalue weighted by Gasteiger charge is -2.37. The summed E-state index contributed by atoms with van der Waals surface area (Å²) in [4.78, 5) is 48.9. The first kappa shape index (κ1) is 46.3. The van der Waals surface area contributed by atoms with Gasteiger partial charge in [-0.1, -0.05) is 86.6 Å². The van der Waals surface area contributed by atoms with Crippen molar-refractivity contribution in [1.29, 1.82) is 0 Å². The summed E-state index contributed by atoms with van der Waals surface area (Å²) in [5, 5.41) is 3.05. The zero-order valence-electron chi connectivity index (χ0n) is 38.8. The van der Waals surface area contributed by atoms with Crippen LogP contribution < -0.4 is 30.1 Å². The van der Waals surface area contributed by atoms with E-state index in [1.807, 2.05) is 137 Å². The molecule has 5 aromatic carbocycles. The molecular weight excluding hydrogens is 813 g/mol. The highest BCUT2D eigenvalue weighted by Crippen LogP contribution is 2.38. The van der Waals surface area contributed by atoms with Crippen molar-refractivity contribution in [2.75, 3.05) is 36.1 Å². The lowest BCUT2D eigenvalue weighted by atomic mass is 9.95. The largest absolute Gasteiger partial charge is 0.488 e. The maximum Gasteiger partial charge on any atom is 0.262 e. The predicted molar refractivity (Wildman–Crippen MR) is 261 cm³/mol. The smallest absolute Gasteiger partial charge is 0.262 e. The standard InChI is InChI=1S/C55H62N4O6/c1-8-58(45-24-26-63-27-25-45)50-30-43(29-47(39(50)7)53(60)56-33-49-37(5)28-38(6)57-54(49)61)42-20-22-44(23-21-42)59(9-2)55(62)48-31-46(36(3)4)51(64-34-40-16-12-10-13-17-40)32-52(48)65-35-41-18-14-11-15-19-41/h10-23,28-32,36,45H,8-9,24-27,33-35H2,1-7H3,(H,56,60)(H,57,61). The van der Waals surface area contributed by atoms with E-state index in [0.29, 0.717) is 54.6 Å². The number of carbonyl (C=O) groups is 2. The second kappa shape index (κ2) is 21.4. The van der Waals surface area contributed by atoms with Crippen molar-refractivity contribution >= 4 is 23.2 Å². The van der Waals surface area contributed by atoms with Crippen LogP contribution in [0, 0.1) is 20.8 Å². The number of nitrogens with one attached hydrogen (secondary N) is 2. The minimum Gasteiger partial charge on any atom is -0.488 e. The molecular formula is C55H62N4O6. The van der Waals surface area contributed by atoms with Gasteiger partial charge in [-0.25, -0.2) is 0 Å². The molecule has 1 aromatic heterocycles. The van der Waals surface area contributed by atoms with Crippen LogP contribution in [0.2, 0.25) is 0 Å². The Hall–Kier alpha value is -6.65. The van der Waals surface area contributed by atoms with Gasteiger partial charge in [-0.2, -0.15) is 0 Å². The number of carbonyl (C=O) groups excluding carboxylic acids is 2. The molecule has 6 aromatic rings. The SMILES string of the molecule is CCN(C(=O)c1cc(C(C)C)c(OCc2ccccc2)cc1OCc1ccccc1)c1ccc(-c2cc(C(=O)NCc3c(C)cc(C)[nH]c3=O)c(C)c(N(CC)C3CCOCC3)c2)cc1. The van der Waals surface area contributed by atoms with Crippen LogP contribution in [-0.2, 0) is 24.5 Å². The Morgan fingerprint density at radius 2 is 1.38 bits per heavy atom. The van der Waals surface area contributed by atoms with Gasteiger partial charge in [-0.3, -0.25) is 14.4 Å². The van der Waals surface area contributed by atoms with Crippen LogP contribution in [0.5, 0.6) is 11.5 Å². The Kier molecular flexibility index (Phi) is 15.2. The van der Waals surface area contributed by atoms with Crippen molar-refractivity contribution < 1.29 is 23.8 Å². The molecule has 0 atom stereocenters. The Morgan fingerprint density at radius 3 is 1.97 bits per heavy atom. The molecule has 338 valence electrons. The summed E-state index contributed by atoms with van der Waals surface area (Å²) >= 11 is 0. The second-order valence-corrected chi connectivity index (χ2v) is 17.1. The molecule has 0 aliphatic carbocycles. The molecule has 10 nitrogen and oxygen atoms in total. The molecule has 7 rings (SSSR count). The molecule has 65 heavy (non-hydrogen) atoms. The zero-order chi connectivity index (χ0) is 46.0. The Labute approximate surface area is 383 Å². The van der Waals surface area contributed by atoms with Gasteiger partial charge in [0.05, 0.1) is 5.56 Å². The molecule has 0 unspecified atom stereocenters. The summed E-state index contributed by atoms with van der Waals surface area (Å²) in [5.41, 5.74) is 10.2. The molecule has 0 spiro atoms. The van der Waals surface area contributed by atoms with Gasteiger partial charge < -0.3 is 34.3 Å². The van der Waals surface area contributed by atoms with E-state index in [9.17, 15) is 14.4 Å². The summed E-state index contributed by atoms with van der Waals surface area (Å²) in [6.45, 7) is 17.4. The summed E-state index contributed by atoms with van der Waals surface area (Å²) in [5.74, 6) is 0.759. The highest BCUT2D eigenvalue weighted by atomic mass is 16.5. The van der Waals surface area contributed by atoms with Gasteiger partial charge in [0.2, 0.25) is 0 Å². The van der Waals surface area contributed by atoms with Gasteiger partial charge in [0.15, 0.2) is 0 Å². The molecule has 0 radical (unpaired) electrons. The third kappa shape index (κ3) is 11.0. The van der Waals surface area contributed by atoms with Crippen molar-refractivity contribution in [1.82, 2.24) is 10.3 Å². The van der Waals surface area contributed by atoms with Gasteiger partial charge >= 0.3 is 0 Å². The number of pyridine rings is 1. The van der Waals surface area contributed by atoms with E-state index in [1.165, 1.54) is 0 Å². The molecule has 2 heterocycles. The highest BCUT2D eigenvalue weighted by molar-refractivity contribution is 6.08. The van der Waals surface area contributed by atoms with Crippen molar-refractivity contribution in [3.05, 3.63) is 176 Å². The number of hydrogen-bond donors (Lipinski definition) is 2. The number of rotatable bonds is 17. The number of H-pyrrole nitrogens is 1. The van der Waals surface area contributed by atoms with Crippen LogP contribution in [0.1, 0.15) is 106 Å². The summed E-state index contributed by atoms with van der Waals surface area (Å²) in [6, 6.07) is 38.0. The fourth-order valence-electron chi connectivity index (χ4n) is 8.72. The van der Waals surface area contributed by atoms with Crippen LogP contribution in [0.3, 0.4) is 0 Å². The number of benzene rings is 5. The first-order valence-electron chi connectivity index (χ1n) is 22.9. The fraction of sp³-hybridized carbons (Fsp3) is 0.327. The average Bonchev–Trinajstić information content (AvgIpc) is 3.31. The number of ether oxygens (including phenoxy) is 3. The molecule has 0 bridgehead atoms. The summed E-state index contributed by atoms with van der Waals surface area (Å²) in [6.07, 6.45) is 1.79. The number of aromatic amines is 1. The fourth-order valence-corrected chi connectivity index (χ4v) is 8.72. The average molecular weight is 875 g/mol. The number of aromatic nitrogens is 1.